The van der Waals surface area contributed by atoms with Crippen molar-refractivity contribution in [3.05, 3.63) is 194 Å². The Kier molecular flexibility index (Phi) is 9.16. The highest BCUT2D eigenvalue weighted by molar-refractivity contribution is 6.88. The number of rotatable bonds is 8. The molecule has 0 aliphatic heterocycles. The van der Waals surface area contributed by atoms with E-state index in [0.29, 0.717) is 17.5 Å². The molecule has 0 spiro atoms. The van der Waals surface area contributed by atoms with E-state index in [4.69, 9.17) is 19.4 Å². The molecular weight excluding hydrogens is 735 g/mol. The Morgan fingerprint density at radius 2 is 0.695 bits per heavy atom. The lowest BCUT2D eigenvalue weighted by Crippen LogP contribution is -2.37. The summed E-state index contributed by atoms with van der Waals surface area (Å²) in [5, 5.41) is 3.56. The van der Waals surface area contributed by atoms with Crippen molar-refractivity contribution >= 4 is 35.2 Å². The Bertz CT molecular complexity index is 3140. The van der Waals surface area contributed by atoms with Crippen molar-refractivity contribution in [2.45, 2.75) is 19.6 Å². The molecule has 10 rings (SSSR count). The molecule has 2 heterocycles. The summed E-state index contributed by atoms with van der Waals surface area (Å²) < 4.78 is 6.28. The zero-order valence-corrected chi connectivity index (χ0v) is 34.2. The summed E-state index contributed by atoms with van der Waals surface area (Å²) >= 11 is 0. The van der Waals surface area contributed by atoms with Gasteiger partial charge in [-0.3, -0.25) is 0 Å². The second kappa shape index (κ2) is 14.9. The summed E-state index contributed by atoms with van der Waals surface area (Å²) in [5.41, 5.74) is 13.7. The number of para-hydroxylation sites is 1. The maximum atomic E-state index is 6.28. The van der Waals surface area contributed by atoms with Gasteiger partial charge in [-0.15, -0.1) is 0 Å². The van der Waals surface area contributed by atoms with Gasteiger partial charge in [0.25, 0.3) is 0 Å². The largest absolute Gasteiger partial charge is 0.456 e. The highest BCUT2D eigenvalue weighted by Crippen LogP contribution is 2.35. The molecule has 0 aliphatic rings. The van der Waals surface area contributed by atoms with Crippen LogP contribution in [0.5, 0.6) is 0 Å². The van der Waals surface area contributed by atoms with Crippen molar-refractivity contribution in [3.8, 4) is 78.7 Å². The molecule has 0 unspecified atom stereocenters. The molecule has 4 nitrogen and oxygen atoms in total. The van der Waals surface area contributed by atoms with E-state index in [1.165, 1.54) is 33.0 Å². The molecule has 5 heteroatoms. The van der Waals surface area contributed by atoms with E-state index in [-0.39, 0.29) is 0 Å². The Hall–Kier alpha value is -7.21. The van der Waals surface area contributed by atoms with Crippen LogP contribution in [0.1, 0.15) is 0 Å². The zero-order chi connectivity index (χ0) is 39.9. The van der Waals surface area contributed by atoms with Gasteiger partial charge in [0.1, 0.15) is 11.2 Å². The van der Waals surface area contributed by atoms with Crippen LogP contribution in [0.25, 0.3) is 101 Å². The van der Waals surface area contributed by atoms with Gasteiger partial charge in [0.15, 0.2) is 17.5 Å². The van der Waals surface area contributed by atoms with Crippen molar-refractivity contribution in [3.63, 3.8) is 0 Å². The molecule has 0 aliphatic carbocycles. The number of nitrogens with zero attached hydrogens (tertiary/aromatic N) is 3. The molecule has 0 radical (unpaired) electrons. The molecule has 59 heavy (non-hydrogen) atoms. The van der Waals surface area contributed by atoms with Crippen LogP contribution in [0.4, 0.5) is 0 Å². The molecule has 0 bridgehead atoms. The predicted octanol–water partition coefficient (Wildman–Crippen LogP) is 14.0. The first-order chi connectivity index (χ1) is 28.8. The van der Waals surface area contributed by atoms with E-state index >= 15 is 0 Å². The molecule has 0 N–H and O–H groups in total. The average molecular weight is 776 g/mol. The minimum atomic E-state index is -1.49. The van der Waals surface area contributed by atoms with Crippen molar-refractivity contribution in [2.75, 3.05) is 0 Å². The van der Waals surface area contributed by atoms with E-state index in [9.17, 15) is 0 Å². The second-order valence-corrected chi connectivity index (χ2v) is 21.2. The number of aromatic nitrogens is 3. The van der Waals surface area contributed by atoms with Crippen molar-refractivity contribution in [1.29, 1.82) is 0 Å². The first kappa shape index (κ1) is 36.1. The summed E-state index contributed by atoms with van der Waals surface area (Å²) in [6, 6.07) is 68.5. The highest BCUT2D eigenvalue weighted by atomic mass is 28.3. The molecule has 8 aromatic carbocycles. The van der Waals surface area contributed by atoms with Gasteiger partial charge in [0.05, 0.1) is 8.07 Å². The van der Waals surface area contributed by atoms with Gasteiger partial charge in [0, 0.05) is 27.5 Å². The smallest absolute Gasteiger partial charge is 0.164 e. The Morgan fingerprint density at radius 3 is 1.24 bits per heavy atom. The van der Waals surface area contributed by atoms with Gasteiger partial charge in [-0.2, -0.15) is 0 Å². The van der Waals surface area contributed by atoms with Crippen LogP contribution < -0.4 is 5.19 Å². The fourth-order valence-electron chi connectivity index (χ4n) is 7.85. The zero-order valence-electron chi connectivity index (χ0n) is 33.2. The standard InChI is InChI=1S/C54H41N3OSi/c1-59(2,3)47-28-25-37(26-29-47)52-55-53(57-54(56-52)46-27-30-49-48-23-7-8-24-50(48)58-51(49)35-46)45-22-12-21-44(34-45)43-20-11-19-42(33-43)41-18-10-17-40(32-41)39-16-9-15-38(31-39)36-13-5-4-6-14-36/h4-35H,1-3H3. The number of benzene rings is 8. The maximum absolute atomic E-state index is 6.28. The van der Waals surface area contributed by atoms with Crippen LogP contribution >= 0.6 is 0 Å². The molecular formula is C54H41N3OSi. The molecule has 2 aromatic heterocycles. The van der Waals surface area contributed by atoms with Gasteiger partial charge >= 0.3 is 0 Å². The van der Waals surface area contributed by atoms with E-state index in [1.54, 1.807) is 0 Å². The topological polar surface area (TPSA) is 51.8 Å². The highest BCUT2D eigenvalue weighted by Gasteiger charge is 2.18. The number of fused-ring (bicyclic) bond motifs is 3. The van der Waals surface area contributed by atoms with Gasteiger partial charge in [-0.05, 0) is 87.0 Å². The van der Waals surface area contributed by atoms with Crippen molar-refractivity contribution in [1.82, 2.24) is 15.0 Å². The van der Waals surface area contributed by atoms with Gasteiger partial charge in [-0.1, -0.05) is 176 Å². The third-order valence-electron chi connectivity index (χ3n) is 11.1. The van der Waals surface area contributed by atoms with Crippen LogP contribution in [-0.4, -0.2) is 23.0 Å². The first-order valence-corrected chi connectivity index (χ1v) is 23.6. The summed E-state index contributed by atoms with van der Waals surface area (Å²) in [7, 11) is -1.49. The third-order valence-corrected chi connectivity index (χ3v) is 13.2. The normalized spacial score (nSPS) is 11.6. The average Bonchev–Trinajstić information content (AvgIpc) is 3.67. The Morgan fingerprint density at radius 1 is 0.305 bits per heavy atom. The minimum absolute atomic E-state index is 0.600. The second-order valence-electron chi connectivity index (χ2n) is 16.1. The lowest BCUT2D eigenvalue weighted by molar-refractivity contribution is 0.669. The quantitative estimate of drug-likeness (QED) is 0.144. The fraction of sp³-hybridized carbons (Fsp3) is 0.0556. The first-order valence-electron chi connectivity index (χ1n) is 20.1. The fourth-order valence-corrected chi connectivity index (χ4v) is 9.02. The van der Waals surface area contributed by atoms with E-state index < -0.39 is 8.07 Å². The van der Waals surface area contributed by atoms with E-state index in [0.717, 1.165) is 55.3 Å². The van der Waals surface area contributed by atoms with Gasteiger partial charge in [0.2, 0.25) is 0 Å². The number of furan rings is 1. The van der Waals surface area contributed by atoms with Gasteiger partial charge in [-0.25, -0.2) is 15.0 Å². The molecule has 282 valence electrons. The Labute approximate surface area is 345 Å². The van der Waals surface area contributed by atoms with Crippen LogP contribution in [0, 0.1) is 0 Å². The summed E-state index contributed by atoms with van der Waals surface area (Å²) in [5.74, 6) is 1.86. The van der Waals surface area contributed by atoms with Crippen LogP contribution in [0.2, 0.25) is 19.6 Å². The van der Waals surface area contributed by atoms with Gasteiger partial charge < -0.3 is 4.42 Å². The SMILES string of the molecule is C[Si](C)(C)c1ccc(-c2nc(-c3cccc(-c4cccc(-c5cccc(-c6cccc(-c7ccccc7)c6)c5)c4)c3)nc(-c3ccc4c(c3)oc3ccccc34)n2)cc1. The molecule has 0 atom stereocenters. The maximum Gasteiger partial charge on any atom is 0.164 e. The third kappa shape index (κ3) is 7.29. The van der Waals surface area contributed by atoms with Crippen LogP contribution in [-0.2, 0) is 0 Å². The van der Waals surface area contributed by atoms with Crippen molar-refractivity contribution in [2.24, 2.45) is 0 Å². The van der Waals surface area contributed by atoms with Crippen molar-refractivity contribution < 1.29 is 4.42 Å². The molecule has 10 aromatic rings. The number of hydrogen-bond acceptors (Lipinski definition) is 4. The summed E-state index contributed by atoms with van der Waals surface area (Å²) in [4.78, 5) is 15.3. The molecule has 0 amide bonds. The van der Waals surface area contributed by atoms with E-state index in [1.807, 2.05) is 24.3 Å². The monoisotopic (exact) mass is 775 g/mol. The molecule has 0 fully saturated rings. The summed E-state index contributed by atoms with van der Waals surface area (Å²) in [6.45, 7) is 7.09. The molecule has 0 saturated heterocycles. The van der Waals surface area contributed by atoms with Crippen LogP contribution in [0.3, 0.4) is 0 Å². The van der Waals surface area contributed by atoms with Crippen LogP contribution in [0.15, 0.2) is 199 Å². The summed E-state index contributed by atoms with van der Waals surface area (Å²) in [6.07, 6.45) is 0. The number of hydrogen-bond donors (Lipinski definition) is 0. The Balaban J connectivity index is 1.02. The lowest BCUT2D eigenvalue weighted by Gasteiger charge is -2.16. The predicted molar refractivity (Wildman–Crippen MR) is 248 cm³/mol. The van der Waals surface area contributed by atoms with E-state index in [2.05, 4.69) is 189 Å². The lowest BCUT2D eigenvalue weighted by atomic mass is 9.94. The minimum Gasteiger partial charge on any atom is -0.456 e. The molecule has 0 saturated carbocycles.